The molecule has 3 heterocycles. The van der Waals surface area contributed by atoms with E-state index < -0.39 is 10.0 Å². The molecule has 0 spiro atoms. The Morgan fingerprint density at radius 3 is 2.49 bits per heavy atom. The van der Waals surface area contributed by atoms with E-state index in [1.807, 2.05) is 13.0 Å². The third-order valence-corrected chi connectivity index (χ3v) is 8.56. The van der Waals surface area contributed by atoms with Gasteiger partial charge in [0.05, 0.1) is 11.4 Å². The number of nitrogens with one attached hydrogen (secondary N) is 2. The van der Waals surface area contributed by atoms with Crippen molar-refractivity contribution in [2.75, 3.05) is 25.0 Å². The molecule has 0 saturated carbocycles. The number of piperidine rings is 1. The van der Waals surface area contributed by atoms with Crippen molar-refractivity contribution < 1.29 is 22.4 Å². The van der Waals surface area contributed by atoms with Crippen molar-refractivity contribution in [1.82, 2.24) is 14.5 Å². The number of nitrogens with zero attached hydrogens (tertiary/aromatic N) is 2. The van der Waals surface area contributed by atoms with Crippen molar-refractivity contribution in [2.45, 2.75) is 56.1 Å². The van der Waals surface area contributed by atoms with Gasteiger partial charge in [0.15, 0.2) is 5.76 Å². The first kappa shape index (κ1) is 25.2. The molecule has 2 atom stereocenters. The summed E-state index contributed by atoms with van der Waals surface area (Å²) in [5.41, 5.74) is 0.477. The van der Waals surface area contributed by atoms with Gasteiger partial charge in [0.1, 0.15) is 5.76 Å². The van der Waals surface area contributed by atoms with Crippen LogP contribution in [0.1, 0.15) is 48.9 Å². The summed E-state index contributed by atoms with van der Waals surface area (Å²) in [4.78, 5) is 26.6. The van der Waals surface area contributed by atoms with Crippen molar-refractivity contribution in [3.8, 4) is 0 Å². The van der Waals surface area contributed by atoms with Crippen LogP contribution < -0.4 is 10.6 Å². The average molecular weight is 501 g/mol. The summed E-state index contributed by atoms with van der Waals surface area (Å²) >= 11 is 0. The molecule has 2 amide bonds. The standard InChI is InChI=1S/C25H32N4O5S/c1-3-24(30)26-20-12-15-29(18(2)16-20)35(32,33)22-9-6-19(7-10-22)27-25(31)23-11-8-21(34-23)17-28-13-4-5-14-28/h3,6-11,18,20H,1,4-5,12-17H2,2H3,(H,26,30)(H,27,31). The van der Waals surface area contributed by atoms with Gasteiger partial charge in [0.25, 0.3) is 5.91 Å². The maximum atomic E-state index is 13.2. The minimum absolute atomic E-state index is 0.0861. The van der Waals surface area contributed by atoms with Crippen molar-refractivity contribution >= 4 is 27.5 Å². The van der Waals surface area contributed by atoms with Crippen LogP contribution in [-0.4, -0.2) is 61.2 Å². The van der Waals surface area contributed by atoms with Gasteiger partial charge >= 0.3 is 0 Å². The number of rotatable bonds is 8. The van der Waals surface area contributed by atoms with E-state index in [2.05, 4.69) is 22.1 Å². The summed E-state index contributed by atoms with van der Waals surface area (Å²) in [5, 5.41) is 5.60. The smallest absolute Gasteiger partial charge is 0.291 e. The van der Waals surface area contributed by atoms with Gasteiger partial charge in [0.2, 0.25) is 15.9 Å². The summed E-state index contributed by atoms with van der Waals surface area (Å²) in [6.45, 7) is 8.36. The first-order valence-electron chi connectivity index (χ1n) is 11.9. The van der Waals surface area contributed by atoms with Crippen LogP contribution in [-0.2, 0) is 21.4 Å². The Morgan fingerprint density at radius 1 is 1.11 bits per heavy atom. The molecule has 2 fully saturated rings. The summed E-state index contributed by atoms with van der Waals surface area (Å²) in [7, 11) is -3.71. The lowest BCUT2D eigenvalue weighted by Crippen LogP contribution is -2.50. The number of likely N-dealkylation sites (tertiary alicyclic amines) is 1. The van der Waals surface area contributed by atoms with Gasteiger partial charge in [-0.15, -0.1) is 0 Å². The van der Waals surface area contributed by atoms with E-state index in [-0.39, 0.29) is 34.6 Å². The molecule has 0 aliphatic carbocycles. The molecule has 188 valence electrons. The molecular formula is C25H32N4O5S. The fraction of sp³-hybridized carbons (Fsp3) is 0.440. The number of hydrogen-bond acceptors (Lipinski definition) is 6. The first-order chi connectivity index (χ1) is 16.8. The lowest BCUT2D eigenvalue weighted by molar-refractivity contribution is -0.117. The van der Waals surface area contributed by atoms with E-state index in [1.165, 1.54) is 35.4 Å². The Morgan fingerprint density at radius 2 is 1.83 bits per heavy atom. The number of benzene rings is 1. The molecule has 2 aromatic rings. The molecular weight excluding hydrogens is 468 g/mol. The molecule has 2 aliphatic rings. The second-order valence-corrected chi connectivity index (χ2v) is 11.0. The molecule has 10 heteroatoms. The Hall–Kier alpha value is -2.95. The fourth-order valence-electron chi connectivity index (χ4n) is 4.68. The number of carbonyl (C=O) groups is 2. The number of carbonyl (C=O) groups excluding carboxylic acids is 2. The predicted octanol–water partition coefficient (Wildman–Crippen LogP) is 2.97. The molecule has 9 nitrogen and oxygen atoms in total. The van der Waals surface area contributed by atoms with Gasteiger partial charge in [-0.05, 0) is 88.2 Å². The summed E-state index contributed by atoms with van der Waals surface area (Å²) in [6.07, 6.45) is 4.64. The molecule has 0 bridgehead atoms. The largest absolute Gasteiger partial charge is 0.455 e. The summed E-state index contributed by atoms with van der Waals surface area (Å²) < 4.78 is 33.6. The Balaban J connectivity index is 1.35. The van der Waals surface area contributed by atoms with Crippen molar-refractivity contribution in [3.05, 3.63) is 60.6 Å². The Kier molecular flexibility index (Phi) is 7.73. The van der Waals surface area contributed by atoms with Crippen LogP contribution in [0, 0.1) is 0 Å². The fourth-order valence-corrected chi connectivity index (χ4v) is 6.34. The normalized spacial score (nSPS) is 21.5. The van der Waals surface area contributed by atoms with Crippen molar-refractivity contribution in [3.63, 3.8) is 0 Å². The molecule has 1 aromatic carbocycles. The van der Waals surface area contributed by atoms with Crippen LogP contribution in [0.4, 0.5) is 5.69 Å². The zero-order chi connectivity index (χ0) is 25.0. The monoisotopic (exact) mass is 500 g/mol. The van der Waals surface area contributed by atoms with E-state index in [1.54, 1.807) is 18.2 Å². The van der Waals surface area contributed by atoms with E-state index in [0.717, 1.165) is 18.8 Å². The van der Waals surface area contributed by atoms with Crippen molar-refractivity contribution in [2.24, 2.45) is 0 Å². The van der Waals surface area contributed by atoms with Crippen LogP contribution in [0.5, 0.6) is 0 Å². The zero-order valence-corrected chi connectivity index (χ0v) is 20.7. The average Bonchev–Trinajstić information content (AvgIpc) is 3.52. The van der Waals surface area contributed by atoms with Crippen LogP contribution in [0.15, 0.2) is 58.4 Å². The summed E-state index contributed by atoms with van der Waals surface area (Å²) in [5.74, 6) is 0.329. The maximum absolute atomic E-state index is 13.2. The van der Waals surface area contributed by atoms with E-state index in [4.69, 9.17) is 4.42 Å². The van der Waals surface area contributed by atoms with Crippen LogP contribution >= 0.6 is 0 Å². The minimum Gasteiger partial charge on any atom is -0.455 e. The third kappa shape index (κ3) is 6.01. The highest BCUT2D eigenvalue weighted by Crippen LogP contribution is 2.26. The zero-order valence-electron chi connectivity index (χ0n) is 19.9. The molecule has 1 aromatic heterocycles. The van der Waals surface area contributed by atoms with Gasteiger partial charge in [0, 0.05) is 24.3 Å². The molecule has 35 heavy (non-hydrogen) atoms. The van der Waals surface area contributed by atoms with Gasteiger partial charge in [-0.3, -0.25) is 14.5 Å². The van der Waals surface area contributed by atoms with Gasteiger partial charge in [-0.25, -0.2) is 8.42 Å². The number of furan rings is 1. The van der Waals surface area contributed by atoms with Crippen LogP contribution in [0.25, 0.3) is 0 Å². The highest BCUT2D eigenvalue weighted by atomic mass is 32.2. The molecule has 2 aliphatic heterocycles. The van der Waals surface area contributed by atoms with Crippen LogP contribution in [0.2, 0.25) is 0 Å². The van der Waals surface area contributed by atoms with Crippen molar-refractivity contribution in [1.29, 1.82) is 0 Å². The number of sulfonamides is 1. The van der Waals surface area contributed by atoms with E-state index in [0.29, 0.717) is 31.6 Å². The Bertz CT molecular complexity index is 1170. The second-order valence-electron chi connectivity index (χ2n) is 9.13. The van der Waals surface area contributed by atoms with E-state index in [9.17, 15) is 18.0 Å². The third-order valence-electron chi connectivity index (χ3n) is 6.53. The highest BCUT2D eigenvalue weighted by molar-refractivity contribution is 7.89. The predicted molar refractivity (Wildman–Crippen MR) is 132 cm³/mol. The van der Waals surface area contributed by atoms with Gasteiger partial charge in [-0.1, -0.05) is 6.58 Å². The quantitative estimate of drug-likeness (QED) is 0.539. The minimum atomic E-state index is -3.71. The molecule has 2 unspecified atom stereocenters. The molecule has 0 radical (unpaired) electrons. The molecule has 2 N–H and O–H groups in total. The Labute approximate surface area is 206 Å². The lowest BCUT2D eigenvalue weighted by Gasteiger charge is -2.36. The number of anilines is 1. The molecule has 4 rings (SSSR count). The van der Waals surface area contributed by atoms with Gasteiger partial charge in [-0.2, -0.15) is 4.31 Å². The highest BCUT2D eigenvalue weighted by Gasteiger charge is 2.34. The molecule has 2 saturated heterocycles. The van der Waals surface area contributed by atoms with Gasteiger partial charge < -0.3 is 15.1 Å². The van der Waals surface area contributed by atoms with E-state index >= 15 is 0 Å². The maximum Gasteiger partial charge on any atom is 0.291 e. The SMILES string of the molecule is C=CC(=O)NC1CCN(S(=O)(=O)c2ccc(NC(=O)c3ccc(CN4CCCC4)o3)cc2)C(C)C1. The van der Waals surface area contributed by atoms with Crippen LogP contribution in [0.3, 0.4) is 0 Å². The lowest BCUT2D eigenvalue weighted by atomic mass is 10.0. The summed E-state index contributed by atoms with van der Waals surface area (Å²) in [6, 6.07) is 9.24. The number of hydrogen-bond donors (Lipinski definition) is 2. The second kappa shape index (κ2) is 10.8. The first-order valence-corrected chi connectivity index (χ1v) is 13.4. The topological polar surface area (TPSA) is 112 Å². The number of amides is 2.